The molecule has 1 rings (SSSR count). The summed E-state index contributed by atoms with van der Waals surface area (Å²) in [5.41, 5.74) is -1.17. The van der Waals surface area contributed by atoms with E-state index in [0.29, 0.717) is 6.07 Å². The SMILES string of the molecule is N#CC(C#N)=C(C#N)c1ccc(F)cc1F. The largest absolute Gasteiger partial charge is 0.207 e. The Morgan fingerprint density at radius 3 is 2.06 bits per heavy atom. The molecule has 0 fully saturated rings. The minimum Gasteiger partial charge on any atom is -0.207 e. The Labute approximate surface area is 90.1 Å². The van der Waals surface area contributed by atoms with Gasteiger partial charge in [0.05, 0.1) is 5.57 Å². The van der Waals surface area contributed by atoms with Gasteiger partial charge in [-0.15, -0.1) is 0 Å². The van der Waals surface area contributed by atoms with E-state index < -0.39 is 22.8 Å². The topological polar surface area (TPSA) is 71.4 Å². The van der Waals surface area contributed by atoms with Crippen LogP contribution < -0.4 is 0 Å². The molecular weight excluding hydrogens is 212 g/mol. The number of nitrogens with zero attached hydrogens (tertiary/aromatic N) is 3. The average Bonchev–Trinajstić information content (AvgIpc) is 2.27. The lowest BCUT2D eigenvalue weighted by Crippen LogP contribution is -1.92. The van der Waals surface area contributed by atoms with Gasteiger partial charge in [0.25, 0.3) is 0 Å². The quantitative estimate of drug-likeness (QED) is 0.674. The van der Waals surface area contributed by atoms with Gasteiger partial charge in [-0.25, -0.2) is 8.78 Å². The van der Waals surface area contributed by atoms with Crippen LogP contribution in [0.4, 0.5) is 8.78 Å². The van der Waals surface area contributed by atoms with Crippen LogP contribution in [-0.2, 0) is 0 Å². The molecule has 3 nitrogen and oxygen atoms in total. The molecule has 5 heteroatoms. The van der Waals surface area contributed by atoms with Gasteiger partial charge in [-0.3, -0.25) is 0 Å². The normalized spacial score (nSPS) is 8.44. The maximum Gasteiger partial charge on any atom is 0.148 e. The smallest absolute Gasteiger partial charge is 0.148 e. The second-order valence-corrected chi connectivity index (χ2v) is 2.71. The molecule has 0 amide bonds. The molecule has 0 radical (unpaired) electrons. The first kappa shape index (κ1) is 11.4. The molecule has 76 valence electrons. The van der Waals surface area contributed by atoms with E-state index in [-0.39, 0.29) is 5.56 Å². The number of rotatable bonds is 1. The third-order valence-electron chi connectivity index (χ3n) is 1.79. The summed E-state index contributed by atoms with van der Waals surface area (Å²) in [7, 11) is 0. The number of benzene rings is 1. The molecule has 0 aliphatic rings. The first-order valence-corrected chi connectivity index (χ1v) is 4.04. The molecule has 1 aromatic rings. The first-order chi connectivity index (χ1) is 7.63. The third-order valence-corrected chi connectivity index (χ3v) is 1.79. The van der Waals surface area contributed by atoms with Crippen molar-refractivity contribution in [1.29, 1.82) is 15.8 Å². The number of hydrogen-bond acceptors (Lipinski definition) is 3. The lowest BCUT2D eigenvalue weighted by atomic mass is 10.0. The molecule has 0 bridgehead atoms. The molecule has 0 spiro atoms. The summed E-state index contributed by atoms with van der Waals surface area (Å²) < 4.78 is 25.9. The maximum absolute atomic E-state index is 13.3. The summed E-state index contributed by atoms with van der Waals surface area (Å²) in [6.07, 6.45) is 0. The summed E-state index contributed by atoms with van der Waals surface area (Å²) in [4.78, 5) is 0. The van der Waals surface area contributed by atoms with Crippen molar-refractivity contribution >= 4 is 5.57 Å². The predicted molar refractivity (Wildman–Crippen MR) is 50.1 cm³/mol. The highest BCUT2D eigenvalue weighted by molar-refractivity contribution is 5.84. The van der Waals surface area contributed by atoms with Crippen molar-refractivity contribution in [2.75, 3.05) is 0 Å². The van der Waals surface area contributed by atoms with Crippen molar-refractivity contribution in [2.45, 2.75) is 0 Å². The lowest BCUT2D eigenvalue weighted by Gasteiger charge is -2.00. The zero-order valence-corrected chi connectivity index (χ0v) is 7.83. The molecule has 16 heavy (non-hydrogen) atoms. The number of allylic oxidation sites excluding steroid dienone is 2. The zero-order chi connectivity index (χ0) is 12.1. The van der Waals surface area contributed by atoms with Crippen LogP contribution in [0, 0.1) is 45.6 Å². The fourth-order valence-electron chi connectivity index (χ4n) is 1.08. The monoisotopic (exact) mass is 215 g/mol. The summed E-state index contributed by atoms with van der Waals surface area (Å²) in [5, 5.41) is 25.8. The van der Waals surface area contributed by atoms with Crippen LogP contribution in [0.2, 0.25) is 0 Å². The second-order valence-electron chi connectivity index (χ2n) is 2.71. The Kier molecular flexibility index (Phi) is 3.33. The Hall–Kier alpha value is -2.71. The Morgan fingerprint density at radius 2 is 1.62 bits per heavy atom. The highest BCUT2D eigenvalue weighted by Crippen LogP contribution is 2.21. The van der Waals surface area contributed by atoms with Gasteiger partial charge in [0.15, 0.2) is 0 Å². The summed E-state index contributed by atoms with van der Waals surface area (Å²) in [6.45, 7) is 0. The molecule has 0 unspecified atom stereocenters. The highest BCUT2D eigenvalue weighted by Gasteiger charge is 2.13. The molecule has 0 saturated carbocycles. The van der Waals surface area contributed by atoms with Gasteiger partial charge >= 0.3 is 0 Å². The minimum absolute atomic E-state index is 0.262. The van der Waals surface area contributed by atoms with Crippen LogP contribution in [-0.4, -0.2) is 0 Å². The molecule has 0 N–H and O–H groups in total. The van der Waals surface area contributed by atoms with E-state index in [9.17, 15) is 8.78 Å². The molecule has 0 aliphatic carbocycles. The predicted octanol–water partition coefficient (Wildman–Crippen LogP) is 2.29. The van der Waals surface area contributed by atoms with Crippen LogP contribution in [0.5, 0.6) is 0 Å². The molecule has 0 saturated heterocycles. The van der Waals surface area contributed by atoms with Crippen molar-refractivity contribution in [3.63, 3.8) is 0 Å². The van der Waals surface area contributed by atoms with Gasteiger partial charge in [-0.05, 0) is 12.1 Å². The lowest BCUT2D eigenvalue weighted by molar-refractivity contribution is 0.581. The van der Waals surface area contributed by atoms with Gasteiger partial charge in [-0.2, -0.15) is 15.8 Å². The van der Waals surface area contributed by atoms with Gasteiger partial charge in [0, 0.05) is 11.6 Å². The Balaban J connectivity index is 3.51. The fourth-order valence-corrected chi connectivity index (χ4v) is 1.08. The van der Waals surface area contributed by atoms with E-state index in [0.717, 1.165) is 12.1 Å². The van der Waals surface area contributed by atoms with Gasteiger partial charge in [-0.1, -0.05) is 0 Å². The molecular formula is C11H3F2N3. The summed E-state index contributed by atoms with van der Waals surface area (Å²) in [5.74, 6) is -1.78. The van der Waals surface area contributed by atoms with E-state index in [2.05, 4.69) is 0 Å². The third kappa shape index (κ3) is 2.03. The average molecular weight is 215 g/mol. The van der Waals surface area contributed by atoms with Crippen molar-refractivity contribution in [3.8, 4) is 18.2 Å². The molecule has 0 aromatic heterocycles. The van der Waals surface area contributed by atoms with Gasteiger partial charge in [0.2, 0.25) is 0 Å². The number of halogens is 2. The van der Waals surface area contributed by atoms with Crippen LogP contribution in [0.1, 0.15) is 5.56 Å². The van der Waals surface area contributed by atoms with Gasteiger partial charge < -0.3 is 0 Å². The van der Waals surface area contributed by atoms with Crippen molar-refractivity contribution in [1.82, 2.24) is 0 Å². The van der Waals surface area contributed by atoms with E-state index in [1.165, 1.54) is 12.1 Å². The van der Waals surface area contributed by atoms with Crippen LogP contribution in [0.3, 0.4) is 0 Å². The fraction of sp³-hybridized carbons (Fsp3) is 0. The maximum atomic E-state index is 13.3. The molecule has 0 heterocycles. The van der Waals surface area contributed by atoms with Crippen molar-refractivity contribution < 1.29 is 8.78 Å². The zero-order valence-electron chi connectivity index (χ0n) is 7.83. The van der Waals surface area contributed by atoms with Crippen LogP contribution in [0.25, 0.3) is 5.57 Å². The molecule has 0 aliphatic heterocycles. The van der Waals surface area contributed by atoms with E-state index in [1.807, 2.05) is 0 Å². The minimum atomic E-state index is -0.987. The second kappa shape index (κ2) is 4.68. The highest BCUT2D eigenvalue weighted by atomic mass is 19.1. The first-order valence-electron chi connectivity index (χ1n) is 4.04. The summed E-state index contributed by atoms with van der Waals surface area (Å²) >= 11 is 0. The van der Waals surface area contributed by atoms with Crippen molar-refractivity contribution in [2.24, 2.45) is 0 Å². The molecule has 0 atom stereocenters. The van der Waals surface area contributed by atoms with E-state index >= 15 is 0 Å². The Morgan fingerprint density at radius 1 is 1.00 bits per heavy atom. The van der Waals surface area contributed by atoms with Gasteiger partial charge in [0.1, 0.15) is 35.4 Å². The summed E-state index contributed by atoms with van der Waals surface area (Å²) in [6, 6.07) is 7.05. The Bertz CT molecular complexity index is 567. The standard InChI is InChI=1S/C11H3F2N3/c12-8-1-2-9(11(13)3-8)10(6-16)7(4-14)5-15/h1-3H. The van der Waals surface area contributed by atoms with E-state index in [4.69, 9.17) is 15.8 Å². The molecule has 1 aromatic carbocycles. The van der Waals surface area contributed by atoms with Crippen LogP contribution in [0.15, 0.2) is 23.8 Å². The van der Waals surface area contributed by atoms with Crippen molar-refractivity contribution in [3.05, 3.63) is 41.0 Å². The number of nitriles is 3. The van der Waals surface area contributed by atoms with Crippen LogP contribution >= 0.6 is 0 Å². The number of hydrogen-bond donors (Lipinski definition) is 0. The van der Waals surface area contributed by atoms with E-state index in [1.54, 1.807) is 6.07 Å².